The molecular weight excluding hydrogens is 462 g/mol. The van der Waals surface area contributed by atoms with Crippen molar-refractivity contribution in [2.24, 2.45) is 0 Å². The lowest BCUT2D eigenvalue weighted by Gasteiger charge is -2.14. The second-order valence-corrected chi connectivity index (χ2v) is 9.12. The molecule has 2 heterocycles. The minimum absolute atomic E-state index is 0.201. The average Bonchev–Trinajstić information content (AvgIpc) is 3.44. The second kappa shape index (κ2) is 9.27. The van der Waals surface area contributed by atoms with Gasteiger partial charge >= 0.3 is 5.97 Å². The summed E-state index contributed by atoms with van der Waals surface area (Å²) in [4.78, 5) is 39.2. The number of furan rings is 1. The van der Waals surface area contributed by atoms with Gasteiger partial charge in [0.15, 0.2) is 0 Å². The van der Waals surface area contributed by atoms with E-state index in [0.717, 1.165) is 39.2 Å². The first-order valence-corrected chi connectivity index (χ1v) is 11.8. The molecule has 0 radical (unpaired) electrons. The Labute approximate surface area is 206 Å². The van der Waals surface area contributed by atoms with Gasteiger partial charge in [-0.15, -0.1) is 0 Å². The van der Waals surface area contributed by atoms with Crippen LogP contribution < -0.4 is 0 Å². The van der Waals surface area contributed by atoms with Crippen molar-refractivity contribution in [3.63, 3.8) is 0 Å². The number of aryl methyl sites for hydroxylation is 1. The van der Waals surface area contributed by atoms with Gasteiger partial charge in [-0.25, -0.2) is 4.79 Å². The molecule has 0 unspecified atom stereocenters. The van der Waals surface area contributed by atoms with E-state index in [0.29, 0.717) is 22.0 Å². The standard InChI is InChI=1S/C28H21NO5S/c1-17-10-11-19(27(31)33-2)14-23(17)24-13-12-21(34-24)15-25-26(30)29(28(32)35-25)16-20-8-5-7-18-6-3-4-9-22(18)20/h3-15H,16H2,1-2H3/b25-15+. The first kappa shape index (κ1) is 22.7. The predicted octanol–water partition coefficient (Wildman–Crippen LogP) is 6.43. The lowest BCUT2D eigenvalue weighted by atomic mass is 10.0. The zero-order valence-corrected chi connectivity index (χ0v) is 19.9. The monoisotopic (exact) mass is 483 g/mol. The fraction of sp³-hybridized carbons (Fsp3) is 0.107. The number of esters is 1. The fourth-order valence-corrected chi connectivity index (χ4v) is 4.89. The first-order valence-electron chi connectivity index (χ1n) is 11.0. The summed E-state index contributed by atoms with van der Waals surface area (Å²) >= 11 is 0.896. The Balaban J connectivity index is 1.39. The normalized spacial score (nSPS) is 14.8. The van der Waals surface area contributed by atoms with E-state index in [1.165, 1.54) is 12.0 Å². The summed E-state index contributed by atoms with van der Waals surface area (Å²) in [5.41, 5.74) is 3.00. The molecule has 6 nitrogen and oxygen atoms in total. The van der Waals surface area contributed by atoms with Crippen LogP contribution in [0.3, 0.4) is 0 Å². The van der Waals surface area contributed by atoms with Crippen molar-refractivity contribution in [3.05, 3.63) is 100 Å². The lowest BCUT2D eigenvalue weighted by Crippen LogP contribution is -2.27. The van der Waals surface area contributed by atoms with E-state index in [1.807, 2.05) is 55.5 Å². The number of nitrogens with zero attached hydrogens (tertiary/aromatic N) is 1. The summed E-state index contributed by atoms with van der Waals surface area (Å²) in [5.74, 6) is 0.209. The zero-order chi connectivity index (χ0) is 24.5. The van der Waals surface area contributed by atoms with Crippen LogP contribution in [0.1, 0.15) is 27.2 Å². The van der Waals surface area contributed by atoms with E-state index in [2.05, 4.69) is 0 Å². The molecule has 3 aromatic carbocycles. The minimum Gasteiger partial charge on any atom is -0.465 e. The molecule has 1 saturated heterocycles. The molecule has 1 fully saturated rings. The summed E-state index contributed by atoms with van der Waals surface area (Å²) in [5, 5.41) is 1.75. The van der Waals surface area contributed by atoms with Gasteiger partial charge in [0.1, 0.15) is 11.5 Å². The molecule has 0 spiro atoms. The Kier molecular flexibility index (Phi) is 6.01. The fourth-order valence-electron chi connectivity index (χ4n) is 4.07. The van der Waals surface area contributed by atoms with Crippen molar-refractivity contribution in [2.75, 3.05) is 7.11 Å². The third-order valence-corrected chi connectivity index (χ3v) is 6.81. The number of rotatable bonds is 5. The van der Waals surface area contributed by atoms with E-state index in [-0.39, 0.29) is 17.7 Å². The third-order valence-electron chi connectivity index (χ3n) is 5.91. The number of carbonyl (C=O) groups excluding carboxylic acids is 3. The van der Waals surface area contributed by atoms with Crippen molar-refractivity contribution in [2.45, 2.75) is 13.5 Å². The molecule has 0 aliphatic carbocycles. The Morgan fingerprint density at radius 3 is 2.66 bits per heavy atom. The van der Waals surface area contributed by atoms with Crippen LogP contribution in [0.5, 0.6) is 0 Å². The Hall–Kier alpha value is -4.10. The van der Waals surface area contributed by atoms with Gasteiger partial charge in [-0.05, 0) is 64.9 Å². The van der Waals surface area contributed by atoms with Crippen LogP contribution in [-0.2, 0) is 16.1 Å². The van der Waals surface area contributed by atoms with Gasteiger partial charge in [0, 0.05) is 11.6 Å². The Morgan fingerprint density at radius 1 is 1.03 bits per heavy atom. The van der Waals surface area contributed by atoms with Crippen molar-refractivity contribution in [3.8, 4) is 11.3 Å². The second-order valence-electron chi connectivity index (χ2n) is 8.13. The number of amides is 2. The van der Waals surface area contributed by atoms with E-state index >= 15 is 0 Å². The van der Waals surface area contributed by atoms with Gasteiger partial charge in [-0.3, -0.25) is 14.5 Å². The van der Waals surface area contributed by atoms with Crippen LogP contribution in [0.15, 0.2) is 82.1 Å². The molecule has 0 saturated carbocycles. The molecule has 7 heteroatoms. The number of fused-ring (bicyclic) bond motifs is 1. The Morgan fingerprint density at radius 2 is 1.83 bits per heavy atom. The Bertz CT molecular complexity index is 1510. The number of thioether (sulfide) groups is 1. The van der Waals surface area contributed by atoms with Crippen LogP contribution in [-0.4, -0.2) is 29.1 Å². The predicted molar refractivity (Wildman–Crippen MR) is 136 cm³/mol. The zero-order valence-electron chi connectivity index (χ0n) is 19.1. The van der Waals surface area contributed by atoms with Crippen molar-refractivity contribution in [1.29, 1.82) is 0 Å². The molecule has 5 rings (SSSR count). The number of imide groups is 1. The van der Waals surface area contributed by atoms with Crippen LogP contribution in [0.2, 0.25) is 0 Å². The van der Waals surface area contributed by atoms with Gasteiger partial charge in [0.2, 0.25) is 0 Å². The highest BCUT2D eigenvalue weighted by atomic mass is 32.2. The van der Waals surface area contributed by atoms with Gasteiger partial charge in [0.25, 0.3) is 11.1 Å². The van der Waals surface area contributed by atoms with Crippen LogP contribution in [0, 0.1) is 6.92 Å². The minimum atomic E-state index is -0.433. The average molecular weight is 484 g/mol. The molecule has 0 atom stereocenters. The van der Waals surface area contributed by atoms with E-state index < -0.39 is 5.97 Å². The number of methoxy groups -OCH3 is 1. The highest BCUT2D eigenvalue weighted by molar-refractivity contribution is 8.18. The molecule has 2 amide bonds. The van der Waals surface area contributed by atoms with Crippen LogP contribution in [0.4, 0.5) is 4.79 Å². The number of ether oxygens (including phenoxy) is 1. The van der Waals surface area contributed by atoms with Gasteiger partial charge in [-0.1, -0.05) is 48.5 Å². The highest BCUT2D eigenvalue weighted by Crippen LogP contribution is 2.35. The van der Waals surface area contributed by atoms with Crippen molar-refractivity contribution in [1.82, 2.24) is 4.90 Å². The molecule has 4 aromatic rings. The molecule has 35 heavy (non-hydrogen) atoms. The van der Waals surface area contributed by atoms with Gasteiger partial charge in [0.05, 0.1) is 24.1 Å². The van der Waals surface area contributed by atoms with E-state index in [4.69, 9.17) is 9.15 Å². The molecule has 0 N–H and O–H groups in total. The largest absolute Gasteiger partial charge is 0.465 e. The summed E-state index contributed by atoms with van der Waals surface area (Å²) in [6.45, 7) is 2.11. The van der Waals surface area contributed by atoms with Crippen LogP contribution >= 0.6 is 11.8 Å². The summed E-state index contributed by atoms with van der Waals surface area (Å²) in [7, 11) is 1.33. The van der Waals surface area contributed by atoms with Gasteiger partial charge < -0.3 is 9.15 Å². The maximum Gasteiger partial charge on any atom is 0.337 e. The quantitative estimate of drug-likeness (QED) is 0.240. The molecule has 1 aliphatic heterocycles. The smallest absolute Gasteiger partial charge is 0.337 e. The summed E-state index contributed by atoms with van der Waals surface area (Å²) in [6, 6.07) is 22.5. The molecule has 1 aliphatic rings. The lowest BCUT2D eigenvalue weighted by molar-refractivity contribution is -0.123. The van der Waals surface area contributed by atoms with Gasteiger partial charge in [-0.2, -0.15) is 0 Å². The molecule has 174 valence electrons. The maximum absolute atomic E-state index is 13.1. The third kappa shape index (κ3) is 4.38. The maximum atomic E-state index is 13.1. The SMILES string of the molecule is COC(=O)c1ccc(C)c(-c2ccc(/C=C3/SC(=O)N(Cc4cccc5ccccc45)C3=O)o2)c1. The highest BCUT2D eigenvalue weighted by Gasteiger charge is 2.35. The van der Waals surface area contributed by atoms with E-state index in [9.17, 15) is 14.4 Å². The number of hydrogen-bond donors (Lipinski definition) is 0. The molecular formula is C28H21NO5S. The topological polar surface area (TPSA) is 76.8 Å². The van der Waals surface area contributed by atoms with Crippen molar-refractivity contribution >= 4 is 45.7 Å². The van der Waals surface area contributed by atoms with E-state index in [1.54, 1.807) is 30.3 Å². The molecule has 1 aromatic heterocycles. The van der Waals surface area contributed by atoms with Crippen LogP contribution in [0.25, 0.3) is 28.2 Å². The molecule has 0 bridgehead atoms. The number of carbonyl (C=O) groups is 3. The summed E-state index contributed by atoms with van der Waals surface area (Å²) in [6.07, 6.45) is 1.58. The first-order chi connectivity index (χ1) is 16.9. The summed E-state index contributed by atoms with van der Waals surface area (Å²) < 4.78 is 10.8. The number of hydrogen-bond acceptors (Lipinski definition) is 6. The van der Waals surface area contributed by atoms with Crippen molar-refractivity contribution < 1.29 is 23.5 Å². The number of benzene rings is 3.